The van der Waals surface area contributed by atoms with Crippen molar-refractivity contribution in [3.05, 3.63) is 18.0 Å². The fourth-order valence-electron chi connectivity index (χ4n) is 2.06. The molecule has 8 heteroatoms. The lowest BCUT2D eigenvalue weighted by Gasteiger charge is -2.26. The molecule has 0 aliphatic carbocycles. The molecule has 0 saturated carbocycles. The molecule has 2 rings (SSSR count). The number of aliphatic hydroxyl groups is 1. The Balaban J connectivity index is 1.91. The van der Waals surface area contributed by atoms with Crippen LogP contribution in [-0.2, 0) is 16.1 Å². The molecule has 1 aromatic rings. The molecule has 0 amide bonds. The van der Waals surface area contributed by atoms with Crippen LogP contribution in [0, 0.1) is 0 Å². The maximum atomic E-state index is 11.0. The number of carboxylic acids is 1. The molecule has 0 aromatic carbocycles. The van der Waals surface area contributed by atoms with Gasteiger partial charge in [-0.05, 0) is 6.92 Å². The van der Waals surface area contributed by atoms with Crippen molar-refractivity contribution in [1.82, 2.24) is 15.3 Å². The molecule has 0 radical (unpaired) electrons. The van der Waals surface area contributed by atoms with Gasteiger partial charge in [0.25, 0.3) is 0 Å². The summed E-state index contributed by atoms with van der Waals surface area (Å²) in [4.78, 5) is 21.5. The zero-order valence-electron chi connectivity index (χ0n) is 11.9. The predicted octanol–water partition coefficient (Wildman–Crippen LogP) is -0.763. The zero-order chi connectivity index (χ0) is 15.2. The lowest BCUT2D eigenvalue weighted by molar-refractivity contribution is -0.142. The Kier molecular flexibility index (Phi) is 5.43. The van der Waals surface area contributed by atoms with Crippen molar-refractivity contribution in [3.8, 4) is 0 Å². The fraction of sp³-hybridized carbons (Fsp3) is 0.615. The van der Waals surface area contributed by atoms with Crippen molar-refractivity contribution in [2.45, 2.75) is 25.6 Å². The van der Waals surface area contributed by atoms with Gasteiger partial charge in [0.05, 0.1) is 19.3 Å². The molecule has 0 spiro atoms. The number of carbonyl (C=O) groups is 1. The van der Waals surface area contributed by atoms with E-state index >= 15 is 0 Å². The van der Waals surface area contributed by atoms with Gasteiger partial charge >= 0.3 is 5.97 Å². The molecular formula is C13H20N4O4. The van der Waals surface area contributed by atoms with Gasteiger partial charge < -0.3 is 19.8 Å². The lowest BCUT2D eigenvalue weighted by Crippen LogP contribution is -2.44. The topological polar surface area (TPSA) is 108 Å². The standard InChI is InChI=1S/C13H20N4O4/c1-9(18)11(12(19)20)14-6-10-7-15-13(16-8-10)17-2-4-21-5-3-17/h7-9,11,14,18H,2-6H2,1H3,(H,19,20)/t9-,11-/m1/s1. The van der Waals surface area contributed by atoms with E-state index in [1.165, 1.54) is 6.92 Å². The average Bonchev–Trinajstić information content (AvgIpc) is 2.48. The zero-order valence-corrected chi connectivity index (χ0v) is 11.9. The summed E-state index contributed by atoms with van der Waals surface area (Å²) in [5.41, 5.74) is 0.763. The molecule has 1 aliphatic heterocycles. The van der Waals surface area contributed by atoms with Gasteiger partial charge in [-0.15, -0.1) is 0 Å². The van der Waals surface area contributed by atoms with Crippen LogP contribution in [0.25, 0.3) is 0 Å². The molecular weight excluding hydrogens is 276 g/mol. The Hall–Kier alpha value is -1.77. The van der Waals surface area contributed by atoms with Crippen molar-refractivity contribution in [3.63, 3.8) is 0 Å². The number of hydrogen-bond acceptors (Lipinski definition) is 7. The minimum absolute atomic E-state index is 0.283. The normalized spacial score (nSPS) is 18.3. The van der Waals surface area contributed by atoms with Crippen molar-refractivity contribution < 1.29 is 19.7 Å². The van der Waals surface area contributed by atoms with Crippen LogP contribution in [0.2, 0.25) is 0 Å². The number of rotatable bonds is 6. The largest absolute Gasteiger partial charge is 0.480 e. The number of aromatic nitrogens is 2. The number of carboxylic acid groups (broad SMARTS) is 1. The molecule has 116 valence electrons. The number of aliphatic carboxylic acids is 1. The summed E-state index contributed by atoms with van der Waals surface area (Å²) in [6.45, 7) is 4.58. The number of hydrogen-bond donors (Lipinski definition) is 3. The minimum Gasteiger partial charge on any atom is -0.480 e. The highest BCUT2D eigenvalue weighted by Gasteiger charge is 2.22. The first kappa shape index (κ1) is 15.6. The predicted molar refractivity (Wildman–Crippen MR) is 75.0 cm³/mol. The Morgan fingerprint density at radius 3 is 2.57 bits per heavy atom. The highest BCUT2D eigenvalue weighted by molar-refractivity contribution is 5.74. The van der Waals surface area contributed by atoms with Gasteiger partial charge in [-0.1, -0.05) is 0 Å². The SMILES string of the molecule is C[C@@H](O)[C@@H](NCc1cnc(N2CCOCC2)nc1)C(=O)O. The summed E-state index contributed by atoms with van der Waals surface area (Å²) in [6, 6.07) is -1.01. The van der Waals surface area contributed by atoms with Crippen LogP contribution in [0.4, 0.5) is 5.95 Å². The highest BCUT2D eigenvalue weighted by Crippen LogP contribution is 2.09. The van der Waals surface area contributed by atoms with E-state index in [1.807, 2.05) is 4.90 Å². The molecule has 1 fully saturated rings. The second kappa shape index (κ2) is 7.30. The first-order chi connectivity index (χ1) is 10.1. The third-order valence-electron chi connectivity index (χ3n) is 3.26. The molecule has 8 nitrogen and oxygen atoms in total. The number of nitrogens with zero attached hydrogens (tertiary/aromatic N) is 3. The van der Waals surface area contributed by atoms with E-state index in [-0.39, 0.29) is 6.54 Å². The van der Waals surface area contributed by atoms with Gasteiger partial charge in [-0.25, -0.2) is 9.97 Å². The maximum Gasteiger partial charge on any atom is 0.323 e. The molecule has 1 saturated heterocycles. The van der Waals surface area contributed by atoms with Crippen LogP contribution in [0.1, 0.15) is 12.5 Å². The summed E-state index contributed by atoms with van der Waals surface area (Å²) in [7, 11) is 0. The monoisotopic (exact) mass is 296 g/mol. The van der Waals surface area contributed by atoms with Gasteiger partial charge in [0.2, 0.25) is 5.95 Å². The summed E-state index contributed by atoms with van der Waals surface area (Å²) in [5, 5.41) is 21.1. The Morgan fingerprint density at radius 2 is 2.05 bits per heavy atom. The first-order valence-electron chi connectivity index (χ1n) is 6.86. The van der Waals surface area contributed by atoms with Crippen LogP contribution in [0.5, 0.6) is 0 Å². The highest BCUT2D eigenvalue weighted by atomic mass is 16.5. The summed E-state index contributed by atoms with van der Waals surface area (Å²) in [5.74, 6) is -0.441. The third-order valence-corrected chi connectivity index (χ3v) is 3.26. The Morgan fingerprint density at radius 1 is 1.43 bits per heavy atom. The van der Waals surface area contributed by atoms with Gasteiger partial charge in [0, 0.05) is 37.6 Å². The molecule has 0 unspecified atom stereocenters. The number of anilines is 1. The fourth-order valence-corrected chi connectivity index (χ4v) is 2.06. The lowest BCUT2D eigenvalue weighted by atomic mass is 10.2. The smallest absolute Gasteiger partial charge is 0.323 e. The third kappa shape index (κ3) is 4.35. The van der Waals surface area contributed by atoms with Gasteiger partial charge in [-0.2, -0.15) is 0 Å². The van der Waals surface area contributed by atoms with Crippen LogP contribution in [0.3, 0.4) is 0 Å². The quantitative estimate of drug-likeness (QED) is 0.628. The Labute approximate surface area is 122 Å². The molecule has 21 heavy (non-hydrogen) atoms. The molecule has 1 aliphatic rings. The van der Waals surface area contributed by atoms with Crippen molar-refractivity contribution in [1.29, 1.82) is 0 Å². The van der Waals surface area contributed by atoms with E-state index < -0.39 is 18.1 Å². The summed E-state index contributed by atoms with van der Waals surface area (Å²) < 4.78 is 5.27. The van der Waals surface area contributed by atoms with Crippen LogP contribution in [0.15, 0.2) is 12.4 Å². The van der Waals surface area contributed by atoms with E-state index in [9.17, 15) is 9.90 Å². The second-order valence-electron chi connectivity index (χ2n) is 4.93. The Bertz CT molecular complexity index is 460. The maximum absolute atomic E-state index is 11.0. The summed E-state index contributed by atoms with van der Waals surface area (Å²) >= 11 is 0. The average molecular weight is 296 g/mol. The number of aliphatic hydroxyl groups excluding tert-OH is 1. The van der Waals surface area contributed by atoms with E-state index in [2.05, 4.69) is 15.3 Å². The minimum atomic E-state index is -1.09. The van der Waals surface area contributed by atoms with Gasteiger partial charge in [0.15, 0.2) is 0 Å². The molecule has 3 N–H and O–H groups in total. The molecule has 1 aromatic heterocycles. The van der Waals surface area contributed by atoms with Crippen molar-refractivity contribution in [2.75, 3.05) is 31.2 Å². The van der Waals surface area contributed by atoms with Crippen LogP contribution in [-0.4, -0.2) is 64.6 Å². The molecule has 2 heterocycles. The van der Waals surface area contributed by atoms with Crippen molar-refractivity contribution >= 4 is 11.9 Å². The first-order valence-corrected chi connectivity index (χ1v) is 6.86. The molecule has 0 bridgehead atoms. The van der Waals surface area contributed by atoms with E-state index in [0.717, 1.165) is 18.7 Å². The van der Waals surface area contributed by atoms with E-state index in [4.69, 9.17) is 9.84 Å². The number of ether oxygens (including phenoxy) is 1. The number of morpholine rings is 1. The number of nitrogens with one attached hydrogen (secondary N) is 1. The molecule has 2 atom stereocenters. The summed E-state index contributed by atoms with van der Waals surface area (Å²) in [6.07, 6.45) is 2.34. The van der Waals surface area contributed by atoms with Gasteiger partial charge in [-0.3, -0.25) is 10.1 Å². The van der Waals surface area contributed by atoms with E-state index in [1.54, 1.807) is 12.4 Å². The second-order valence-corrected chi connectivity index (χ2v) is 4.93. The van der Waals surface area contributed by atoms with Crippen molar-refractivity contribution in [2.24, 2.45) is 0 Å². The van der Waals surface area contributed by atoms with E-state index in [0.29, 0.717) is 19.2 Å². The van der Waals surface area contributed by atoms with Crippen LogP contribution < -0.4 is 10.2 Å². The van der Waals surface area contributed by atoms with Gasteiger partial charge in [0.1, 0.15) is 6.04 Å². The van der Waals surface area contributed by atoms with Crippen LogP contribution >= 0.6 is 0 Å².